The smallest absolute Gasteiger partial charge is 0.343 e. The molecule has 0 fully saturated rings. The normalized spacial score (nSPS) is 15.1. The largest absolute Gasteiger partial charge is 0.480 e. The molecule has 3 heterocycles. The monoisotopic (exact) mass is 347 g/mol. The Hall–Kier alpha value is -3.49. The summed E-state index contributed by atoms with van der Waals surface area (Å²) in [6.45, 7) is 1.33. The Morgan fingerprint density at radius 1 is 1.32 bits per heavy atom. The molecule has 0 aromatic carbocycles. The number of pyridine rings is 1. The lowest BCUT2D eigenvalue weighted by Crippen LogP contribution is -2.06. The summed E-state index contributed by atoms with van der Waals surface area (Å²) >= 11 is 0. The van der Waals surface area contributed by atoms with Crippen molar-refractivity contribution >= 4 is 23.3 Å². The van der Waals surface area contributed by atoms with E-state index in [1.807, 2.05) is 0 Å². The van der Waals surface area contributed by atoms with Crippen molar-refractivity contribution in [2.24, 2.45) is 0 Å². The average molecular weight is 347 g/mol. The molecular formula is C16H15N5O4. The van der Waals surface area contributed by atoms with Crippen molar-refractivity contribution in [3.63, 3.8) is 0 Å². The van der Waals surface area contributed by atoms with Crippen LogP contribution in [0.15, 0.2) is 30.6 Å². The molecule has 0 spiro atoms. The molecule has 0 saturated carbocycles. The lowest BCUT2D eigenvalue weighted by Gasteiger charge is -2.08. The van der Waals surface area contributed by atoms with Gasteiger partial charge in [0.1, 0.15) is 5.56 Å². The van der Waals surface area contributed by atoms with Crippen LogP contribution in [0.5, 0.6) is 5.88 Å². The first-order chi connectivity index (χ1) is 14.3. The van der Waals surface area contributed by atoms with E-state index in [1.165, 1.54) is 23.8 Å². The summed E-state index contributed by atoms with van der Waals surface area (Å²) in [6, 6.07) is 4.28. The number of nitrogens with zero attached hydrogens (tertiary/aromatic N) is 4. The summed E-state index contributed by atoms with van der Waals surface area (Å²) in [6.07, 6.45) is 2.66. The zero-order chi connectivity index (χ0) is 23.0. The molecule has 9 nitrogen and oxygen atoms in total. The number of hydrogen-bond acceptors (Lipinski definition) is 7. The molecule has 1 amide bonds. The molecule has 3 rings (SSSR count). The van der Waals surface area contributed by atoms with Crippen molar-refractivity contribution in [3.05, 3.63) is 36.2 Å². The first-order valence-electron chi connectivity index (χ1n) is 9.87. The third-order valence-corrected chi connectivity index (χ3v) is 3.18. The fraction of sp³-hybridized carbons (Fsp3) is 0.188. The topological polar surface area (TPSA) is 108 Å². The zero-order valence-electron chi connectivity index (χ0n) is 18.8. The molecule has 0 bridgehead atoms. The quantitative estimate of drug-likeness (QED) is 0.713. The van der Waals surface area contributed by atoms with Gasteiger partial charge in [0.05, 0.1) is 34.2 Å². The third kappa shape index (κ3) is 3.25. The highest BCUT2D eigenvalue weighted by molar-refractivity contribution is 5.93. The van der Waals surface area contributed by atoms with Gasteiger partial charge in [-0.25, -0.2) is 19.3 Å². The number of esters is 1. The van der Waals surface area contributed by atoms with E-state index >= 15 is 0 Å². The number of amides is 1. The Bertz CT molecular complexity index is 1160. The van der Waals surface area contributed by atoms with Crippen LogP contribution in [0.4, 0.5) is 5.82 Å². The number of methoxy groups -OCH3 is 2. The van der Waals surface area contributed by atoms with E-state index in [0.717, 1.165) is 6.07 Å². The highest BCUT2D eigenvalue weighted by atomic mass is 16.5. The molecule has 3 aromatic heterocycles. The summed E-state index contributed by atoms with van der Waals surface area (Å²) < 4.78 is 53.3. The van der Waals surface area contributed by atoms with Crippen LogP contribution in [0.2, 0.25) is 0 Å². The molecule has 128 valence electrons. The van der Waals surface area contributed by atoms with E-state index < -0.39 is 31.5 Å². The Morgan fingerprint density at radius 3 is 2.96 bits per heavy atom. The number of carbonyl (C=O) groups excluding carboxylic acids is 2. The minimum Gasteiger partial charge on any atom is -0.480 e. The van der Waals surface area contributed by atoms with Crippen LogP contribution in [-0.2, 0) is 9.53 Å². The first kappa shape index (κ1) is 10.4. The van der Waals surface area contributed by atoms with Gasteiger partial charge in [-0.3, -0.25) is 4.79 Å². The second-order valence-corrected chi connectivity index (χ2v) is 4.90. The molecular weight excluding hydrogens is 326 g/mol. The number of aromatic nitrogens is 4. The lowest BCUT2D eigenvalue weighted by molar-refractivity contribution is -0.114. The molecule has 0 unspecified atom stereocenters. The van der Waals surface area contributed by atoms with Crippen LogP contribution in [0.25, 0.3) is 16.9 Å². The zero-order valence-corrected chi connectivity index (χ0v) is 12.8. The predicted octanol–water partition coefficient (Wildman–Crippen LogP) is 1.54. The van der Waals surface area contributed by atoms with Gasteiger partial charge in [-0.05, 0) is 18.2 Å². The Balaban J connectivity index is 2.03. The number of anilines is 1. The van der Waals surface area contributed by atoms with Crippen LogP contribution < -0.4 is 10.1 Å². The van der Waals surface area contributed by atoms with E-state index in [9.17, 15) is 9.59 Å². The second kappa shape index (κ2) is 6.56. The van der Waals surface area contributed by atoms with Crippen molar-refractivity contribution in [1.82, 2.24) is 19.6 Å². The molecule has 0 saturated heterocycles. The maximum Gasteiger partial charge on any atom is 0.343 e. The molecule has 0 aliphatic rings. The summed E-state index contributed by atoms with van der Waals surface area (Å²) in [7, 11) is -5.99. The van der Waals surface area contributed by atoms with Crippen LogP contribution in [0.1, 0.15) is 25.5 Å². The SMILES string of the molecule is [2H]C([2H])([2H])OC(=O)c1cc(-c2ccc3nc(NC(C)=O)cn3n2)cnc1OC([2H])([2H])[2H]. The summed E-state index contributed by atoms with van der Waals surface area (Å²) in [5, 5.41) is 6.82. The number of carbonyl (C=O) groups is 2. The molecule has 0 aliphatic carbocycles. The minimum absolute atomic E-state index is 0.243. The van der Waals surface area contributed by atoms with Gasteiger partial charge in [-0.1, -0.05) is 0 Å². The standard InChI is InChI=1S/C16H15N5O4/c1-9(22)18-13-8-21-14(19-13)5-4-12(20-21)10-6-11(16(23)25-3)15(24-2)17-7-10/h4-8H,1-3H3,(H,18,22)/i2D3,3D3. The van der Waals surface area contributed by atoms with Crippen LogP contribution in [-0.4, -0.2) is 45.5 Å². The van der Waals surface area contributed by atoms with Gasteiger partial charge in [-0.15, -0.1) is 0 Å². The van der Waals surface area contributed by atoms with Gasteiger partial charge in [-0.2, -0.15) is 5.10 Å². The first-order valence-corrected chi connectivity index (χ1v) is 6.87. The average Bonchev–Trinajstić information content (AvgIpc) is 2.99. The van der Waals surface area contributed by atoms with Gasteiger partial charge >= 0.3 is 5.97 Å². The Kier molecular flexibility index (Phi) is 2.72. The number of nitrogens with one attached hydrogen (secondary N) is 1. The Morgan fingerprint density at radius 2 is 2.20 bits per heavy atom. The number of hydrogen-bond donors (Lipinski definition) is 1. The molecule has 0 radical (unpaired) electrons. The van der Waals surface area contributed by atoms with Crippen LogP contribution >= 0.6 is 0 Å². The summed E-state index contributed by atoms with van der Waals surface area (Å²) in [5.74, 6) is -1.99. The van der Waals surface area contributed by atoms with Gasteiger partial charge in [0.2, 0.25) is 11.8 Å². The van der Waals surface area contributed by atoms with Crippen LogP contribution in [0.3, 0.4) is 0 Å². The minimum atomic E-state index is -3.06. The number of imidazole rings is 1. The van der Waals surface area contributed by atoms with Crippen molar-refractivity contribution in [2.45, 2.75) is 6.92 Å². The van der Waals surface area contributed by atoms with Gasteiger partial charge in [0.25, 0.3) is 0 Å². The van der Waals surface area contributed by atoms with Crippen LogP contribution in [0, 0.1) is 0 Å². The van der Waals surface area contributed by atoms with Gasteiger partial charge in [0.15, 0.2) is 11.5 Å². The van der Waals surface area contributed by atoms with Gasteiger partial charge < -0.3 is 14.8 Å². The highest BCUT2D eigenvalue weighted by Gasteiger charge is 2.16. The molecule has 0 aliphatic heterocycles. The van der Waals surface area contributed by atoms with Gasteiger partial charge in [0, 0.05) is 18.7 Å². The van der Waals surface area contributed by atoms with Crippen molar-refractivity contribution in [3.8, 4) is 17.1 Å². The number of ether oxygens (including phenoxy) is 2. The van der Waals surface area contributed by atoms with E-state index in [1.54, 1.807) is 12.1 Å². The highest BCUT2D eigenvalue weighted by Crippen LogP contribution is 2.24. The number of fused-ring (bicyclic) bond motifs is 1. The van der Waals surface area contributed by atoms with E-state index in [2.05, 4.69) is 25.1 Å². The lowest BCUT2D eigenvalue weighted by atomic mass is 10.1. The van der Waals surface area contributed by atoms with Crippen molar-refractivity contribution < 1.29 is 27.3 Å². The fourth-order valence-corrected chi connectivity index (χ4v) is 2.15. The Labute approximate surface area is 151 Å². The molecule has 25 heavy (non-hydrogen) atoms. The maximum atomic E-state index is 12.3. The molecule has 0 atom stereocenters. The maximum absolute atomic E-state index is 12.3. The van der Waals surface area contributed by atoms with Crippen molar-refractivity contribution in [2.75, 3.05) is 19.4 Å². The predicted molar refractivity (Wildman–Crippen MR) is 88.4 cm³/mol. The van der Waals surface area contributed by atoms with E-state index in [-0.39, 0.29) is 23.0 Å². The number of rotatable bonds is 4. The molecule has 3 aromatic rings. The van der Waals surface area contributed by atoms with E-state index in [4.69, 9.17) is 13.0 Å². The van der Waals surface area contributed by atoms with Crippen molar-refractivity contribution in [1.29, 1.82) is 0 Å². The summed E-state index contributed by atoms with van der Waals surface area (Å²) in [4.78, 5) is 31.5. The summed E-state index contributed by atoms with van der Waals surface area (Å²) in [5.41, 5.74) is 0.447. The third-order valence-electron chi connectivity index (χ3n) is 3.18. The molecule has 9 heteroatoms. The molecule has 1 N–H and O–H groups in total. The second-order valence-electron chi connectivity index (χ2n) is 4.90. The van der Waals surface area contributed by atoms with E-state index in [0.29, 0.717) is 5.65 Å². The fourth-order valence-electron chi connectivity index (χ4n) is 2.15.